The number of hydrogen-bond donors (Lipinski definition) is 3. The third kappa shape index (κ3) is 7.73. The van der Waals surface area contributed by atoms with Crippen LogP contribution in [0.1, 0.15) is 39.0 Å². The zero-order valence-electron chi connectivity index (χ0n) is 9.56. The van der Waals surface area contributed by atoms with Gasteiger partial charge in [0.1, 0.15) is 12.2 Å². The first-order valence-electron chi connectivity index (χ1n) is 5.77. The predicted octanol–water partition coefficient (Wildman–Crippen LogP) is 0.687. The van der Waals surface area contributed by atoms with Crippen molar-refractivity contribution in [3.8, 4) is 0 Å². The molecule has 0 radical (unpaired) electrons. The summed E-state index contributed by atoms with van der Waals surface area (Å²) in [6, 6.07) is 0. The Balaban J connectivity index is 3.38. The summed E-state index contributed by atoms with van der Waals surface area (Å²) in [7, 11) is 0. The first-order chi connectivity index (χ1) is 7.26. The van der Waals surface area contributed by atoms with Gasteiger partial charge in [0.05, 0.1) is 13.2 Å². The lowest BCUT2D eigenvalue weighted by atomic mass is 10.1. The van der Waals surface area contributed by atoms with Crippen LogP contribution in [-0.2, 0) is 4.74 Å². The Hall–Kier alpha value is -0.160. The Morgan fingerprint density at radius 2 is 1.67 bits per heavy atom. The lowest BCUT2D eigenvalue weighted by molar-refractivity contribution is -0.0801. The molecule has 0 fully saturated rings. The molecule has 0 bridgehead atoms. The van der Waals surface area contributed by atoms with E-state index >= 15 is 0 Å². The zero-order chi connectivity index (χ0) is 11.5. The van der Waals surface area contributed by atoms with Gasteiger partial charge in [-0.2, -0.15) is 0 Å². The normalized spacial score (nSPS) is 15.2. The van der Waals surface area contributed by atoms with Crippen LogP contribution in [0.4, 0.5) is 0 Å². The van der Waals surface area contributed by atoms with Crippen molar-refractivity contribution in [2.24, 2.45) is 0 Å². The van der Waals surface area contributed by atoms with Gasteiger partial charge in [-0.3, -0.25) is 0 Å². The molecule has 0 unspecified atom stereocenters. The van der Waals surface area contributed by atoms with Crippen LogP contribution in [0.15, 0.2) is 0 Å². The third-order valence-corrected chi connectivity index (χ3v) is 2.38. The summed E-state index contributed by atoms with van der Waals surface area (Å²) in [5.41, 5.74) is 0. The largest absolute Gasteiger partial charge is 0.394 e. The molecule has 0 amide bonds. The topological polar surface area (TPSA) is 69.9 Å². The van der Waals surface area contributed by atoms with Crippen LogP contribution >= 0.6 is 0 Å². The van der Waals surface area contributed by atoms with Crippen molar-refractivity contribution >= 4 is 0 Å². The van der Waals surface area contributed by atoms with Crippen LogP contribution in [0.25, 0.3) is 0 Å². The molecule has 0 rings (SSSR count). The fraction of sp³-hybridized carbons (Fsp3) is 1.00. The van der Waals surface area contributed by atoms with E-state index in [0.717, 1.165) is 12.8 Å². The van der Waals surface area contributed by atoms with Crippen LogP contribution < -0.4 is 0 Å². The lowest BCUT2D eigenvalue weighted by Crippen LogP contribution is -2.35. The van der Waals surface area contributed by atoms with Crippen molar-refractivity contribution < 1.29 is 20.1 Å². The maximum Gasteiger partial charge on any atom is 0.109 e. The Kier molecular flexibility index (Phi) is 10.3. The molecule has 0 aromatic rings. The number of unbranched alkanes of at least 4 members (excludes halogenated alkanes) is 4. The van der Waals surface area contributed by atoms with Gasteiger partial charge >= 0.3 is 0 Å². The Morgan fingerprint density at radius 3 is 2.20 bits per heavy atom. The number of hydrogen-bond acceptors (Lipinski definition) is 4. The summed E-state index contributed by atoms with van der Waals surface area (Å²) in [5, 5.41) is 26.8. The lowest BCUT2D eigenvalue weighted by Gasteiger charge is -2.19. The van der Waals surface area contributed by atoms with E-state index in [0.29, 0.717) is 6.61 Å². The average molecular weight is 220 g/mol. The fourth-order valence-corrected chi connectivity index (χ4v) is 1.34. The van der Waals surface area contributed by atoms with Gasteiger partial charge in [-0.05, 0) is 6.42 Å². The summed E-state index contributed by atoms with van der Waals surface area (Å²) in [5.74, 6) is 0. The number of ether oxygens (including phenoxy) is 1. The first kappa shape index (κ1) is 14.8. The monoisotopic (exact) mass is 220 g/mol. The standard InChI is InChI=1S/C11H24O4/c1-2-3-4-5-6-7-15-11(9-13)10(14)8-12/h10-14H,2-9H2,1H3/t10-,11-/m0/s1. The molecular weight excluding hydrogens is 196 g/mol. The molecule has 2 atom stereocenters. The Morgan fingerprint density at radius 1 is 1.00 bits per heavy atom. The van der Waals surface area contributed by atoms with Crippen molar-refractivity contribution in [3.63, 3.8) is 0 Å². The maximum absolute atomic E-state index is 9.22. The minimum atomic E-state index is -0.981. The smallest absolute Gasteiger partial charge is 0.109 e. The summed E-state index contributed by atoms with van der Waals surface area (Å²) in [6.45, 7) is 2.07. The van der Waals surface area contributed by atoms with Gasteiger partial charge in [0.2, 0.25) is 0 Å². The molecule has 92 valence electrons. The van der Waals surface area contributed by atoms with E-state index in [4.69, 9.17) is 14.9 Å². The molecule has 3 N–H and O–H groups in total. The van der Waals surface area contributed by atoms with Gasteiger partial charge in [-0.15, -0.1) is 0 Å². The zero-order valence-corrected chi connectivity index (χ0v) is 9.56. The minimum absolute atomic E-state index is 0.253. The molecule has 0 saturated carbocycles. The minimum Gasteiger partial charge on any atom is -0.394 e. The molecule has 0 spiro atoms. The van der Waals surface area contributed by atoms with Crippen LogP contribution in [0.2, 0.25) is 0 Å². The Labute approximate surface area is 91.9 Å². The highest BCUT2D eigenvalue weighted by molar-refractivity contribution is 4.66. The van der Waals surface area contributed by atoms with Gasteiger partial charge in [-0.25, -0.2) is 0 Å². The van der Waals surface area contributed by atoms with E-state index in [9.17, 15) is 5.11 Å². The highest BCUT2D eigenvalue weighted by Crippen LogP contribution is 2.05. The second kappa shape index (κ2) is 10.4. The summed E-state index contributed by atoms with van der Waals surface area (Å²) in [6.07, 6.45) is 4.07. The summed E-state index contributed by atoms with van der Waals surface area (Å²) < 4.78 is 5.26. The second-order valence-corrected chi connectivity index (χ2v) is 3.76. The number of aliphatic hydroxyl groups is 3. The highest BCUT2D eigenvalue weighted by Gasteiger charge is 2.17. The van der Waals surface area contributed by atoms with E-state index in [-0.39, 0.29) is 13.2 Å². The van der Waals surface area contributed by atoms with Crippen LogP contribution in [0.5, 0.6) is 0 Å². The second-order valence-electron chi connectivity index (χ2n) is 3.76. The molecule has 4 heteroatoms. The maximum atomic E-state index is 9.22. The van der Waals surface area contributed by atoms with Crippen molar-refractivity contribution in [1.29, 1.82) is 0 Å². The molecule has 15 heavy (non-hydrogen) atoms. The molecule has 0 aromatic heterocycles. The van der Waals surface area contributed by atoms with Crippen molar-refractivity contribution in [3.05, 3.63) is 0 Å². The van der Waals surface area contributed by atoms with E-state index in [1.54, 1.807) is 0 Å². The molecule has 0 heterocycles. The molecule has 0 aliphatic rings. The van der Waals surface area contributed by atoms with Gasteiger partial charge in [0.15, 0.2) is 0 Å². The summed E-state index contributed by atoms with van der Waals surface area (Å²) in [4.78, 5) is 0. The van der Waals surface area contributed by atoms with Gasteiger partial charge in [0, 0.05) is 6.61 Å². The van der Waals surface area contributed by atoms with Crippen LogP contribution in [0.3, 0.4) is 0 Å². The SMILES string of the molecule is CCCCCCCO[C@@H](CO)[C@@H](O)CO. The first-order valence-corrected chi connectivity index (χ1v) is 5.77. The molecular formula is C11H24O4. The molecule has 0 aromatic carbocycles. The van der Waals surface area contributed by atoms with Gasteiger partial charge in [-0.1, -0.05) is 32.6 Å². The number of rotatable bonds is 10. The van der Waals surface area contributed by atoms with Crippen LogP contribution in [0, 0.1) is 0 Å². The van der Waals surface area contributed by atoms with Gasteiger partial charge in [0.25, 0.3) is 0 Å². The van der Waals surface area contributed by atoms with E-state index in [2.05, 4.69) is 6.92 Å². The molecule has 0 aliphatic carbocycles. The highest BCUT2D eigenvalue weighted by atomic mass is 16.5. The quantitative estimate of drug-likeness (QED) is 0.474. The molecule has 0 saturated heterocycles. The Bertz CT molecular complexity index is 130. The van der Waals surface area contributed by atoms with Crippen molar-refractivity contribution in [2.45, 2.75) is 51.2 Å². The molecule has 4 nitrogen and oxygen atoms in total. The van der Waals surface area contributed by atoms with Gasteiger partial charge < -0.3 is 20.1 Å². The van der Waals surface area contributed by atoms with Crippen molar-refractivity contribution in [1.82, 2.24) is 0 Å². The average Bonchev–Trinajstić information content (AvgIpc) is 2.27. The number of aliphatic hydroxyl groups excluding tert-OH is 3. The van der Waals surface area contributed by atoms with E-state index in [1.165, 1.54) is 19.3 Å². The van der Waals surface area contributed by atoms with E-state index in [1.807, 2.05) is 0 Å². The third-order valence-electron chi connectivity index (χ3n) is 2.38. The fourth-order valence-electron chi connectivity index (χ4n) is 1.34. The van der Waals surface area contributed by atoms with E-state index < -0.39 is 12.2 Å². The molecule has 0 aliphatic heterocycles. The summed E-state index contributed by atoms with van der Waals surface area (Å²) >= 11 is 0. The van der Waals surface area contributed by atoms with Crippen molar-refractivity contribution in [2.75, 3.05) is 19.8 Å². The predicted molar refractivity (Wildman–Crippen MR) is 58.7 cm³/mol. The van der Waals surface area contributed by atoms with Crippen LogP contribution in [-0.4, -0.2) is 47.3 Å².